The van der Waals surface area contributed by atoms with Gasteiger partial charge in [-0.1, -0.05) is 49.3 Å². The maximum absolute atomic E-state index is 12.4. The first-order valence-electron chi connectivity index (χ1n) is 15.0. The number of carboxylic acid groups (broad SMARTS) is 2. The van der Waals surface area contributed by atoms with Gasteiger partial charge in [0.15, 0.2) is 0 Å². The highest BCUT2D eigenvalue weighted by Crippen LogP contribution is 2.22. The van der Waals surface area contributed by atoms with E-state index in [4.69, 9.17) is 9.90 Å². The summed E-state index contributed by atoms with van der Waals surface area (Å²) < 4.78 is 0. The van der Waals surface area contributed by atoms with E-state index in [1.807, 2.05) is 27.7 Å². The van der Waals surface area contributed by atoms with Gasteiger partial charge in [0.1, 0.15) is 18.4 Å². The van der Waals surface area contributed by atoms with Gasteiger partial charge < -0.3 is 52.4 Å². The summed E-state index contributed by atoms with van der Waals surface area (Å²) >= 11 is 1.14. The van der Waals surface area contributed by atoms with E-state index < -0.39 is 54.3 Å². The molecule has 0 saturated heterocycles. The number of aldehydes is 1. The third-order valence-electron chi connectivity index (χ3n) is 4.62. The van der Waals surface area contributed by atoms with Gasteiger partial charge in [0, 0.05) is 43.0 Å². The molecule has 0 aliphatic heterocycles. The number of hydrogen-bond acceptors (Lipinski definition) is 13. The summed E-state index contributed by atoms with van der Waals surface area (Å²) in [5, 5.41) is 40.2. The summed E-state index contributed by atoms with van der Waals surface area (Å²) in [5.74, 6) is -3.30. The number of nitrogens with two attached hydrogens (primary N) is 1. The van der Waals surface area contributed by atoms with Gasteiger partial charge in [0.05, 0.1) is 25.0 Å². The van der Waals surface area contributed by atoms with E-state index in [1.165, 1.54) is 49.5 Å². The SMILES string of the molecule is CC.CC.CC=O.CN.CNC(=O)C(CSSCCC(=O)NC(CC(=O)O)C(=O)NCCSCC(NC(=O)CC(C)O)C(=O)O)NC. The van der Waals surface area contributed by atoms with Crippen molar-refractivity contribution in [1.82, 2.24) is 26.6 Å². The molecule has 0 spiro atoms. The predicted octanol–water partition coefficient (Wildman–Crippen LogP) is 0.0736. The van der Waals surface area contributed by atoms with Crippen molar-refractivity contribution in [1.29, 1.82) is 0 Å². The lowest BCUT2D eigenvalue weighted by molar-refractivity contribution is -0.141. The van der Waals surface area contributed by atoms with Crippen LogP contribution in [0.2, 0.25) is 0 Å². The minimum absolute atomic E-state index is 0.0138. The van der Waals surface area contributed by atoms with Gasteiger partial charge >= 0.3 is 11.9 Å². The van der Waals surface area contributed by atoms with Crippen LogP contribution in [0.3, 0.4) is 0 Å². The monoisotopic (exact) mass is 734 g/mol. The van der Waals surface area contributed by atoms with Crippen LogP contribution >= 0.6 is 33.3 Å². The average Bonchev–Trinajstić information content (AvgIpc) is 3.03. The Morgan fingerprint density at radius 3 is 1.77 bits per heavy atom. The molecule has 4 unspecified atom stereocenters. The van der Waals surface area contributed by atoms with Crippen LogP contribution in [0.15, 0.2) is 0 Å². The third kappa shape index (κ3) is 36.1. The molecule has 0 fully saturated rings. The number of likely N-dealkylation sites (N-methyl/N-ethyl adjacent to an activating group) is 2. The molecule has 19 heteroatoms. The van der Waals surface area contributed by atoms with Crippen LogP contribution in [0, 0.1) is 0 Å². The Bertz CT molecular complexity index is 858. The first-order chi connectivity index (χ1) is 22.3. The number of aliphatic hydroxyl groups excluding tert-OH is 1. The van der Waals surface area contributed by atoms with Crippen molar-refractivity contribution >= 4 is 75.2 Å². The molecule has 0 saturated carbocycles. The fourth-order valence-corrected chi connectivity index (χ4v) is 5.80. The quantitative estimate of drug-likeness (QED) is 0.0429. The molecular weight excluding hydrogens is 677 g/mol. The zero-order chi connectivity index (χ0) is 37.8. The number of aliphatic carboxylic acids is 2. The van der Waals surface area contributed by atoms with Crippen LogP contribution in [0.1, 0.15) is 60.8 Å². The molecule has 16 nitrogen and oxygen atoms in total. The molecule has 47 heavy (non-hydrogen) atoms. The average molecular weight is 735 g/mol. The second kappa shape index (κ2) is 39.6. The molecule has 0 heterocycles. The van der Waals surface area contributed by atoms with E-state index in [2.05, 4.69) is 32.3 Å². The van der Waals surface area contributed by atoms with E-state index in [0.717, 1.165) is 18.0 Å². The van der Waals surface area contributed by atoms with Gasteiger partial charge in [-0.2, -0.15) is 11.8 Å². The molecule has 0 aromatic heterocycles. The molecule has 278 valence electrons. The molecule has 0 aromatic carbocycles. The van der Waals surface area contributed by atoms with Crippen LogP contribution in [0.4, 0.5) is 0 Å². The van der Waals surface area contributed by atoms with Crippen LogP contribution in [0.25, 0.3) is 0 Å². The number of nitrogens with one attached hydrogen (secondary N) is 5. The minimum Gasteiger partial charge on any atom is -0.481 e. The largest absolute Gasteiger partial charge is 0.481 e. The number of aliphatic hydroxyl groups is 1. The number of carbonyl (C=O) groups is 7. The van der Waals surface area contributed by atoms with E-state index in [-0.39, 0.29) is 42.8 Å². The number of thioether (sulfide) groups is 1. The van der Waals surface area contributed by atoms with E-state index >= 15 is 0 Å². The molecule has 0 aliphatic carbocycles. The van der Waals surface area contributed by atoms with Gasteiger partial charge in [-0.15, -0.1) is 0 Å². The van der Waals surface area contributed by atoms with Gasteiger partial charge in [-0.3, -0.25) is 24.0 Å². The van der Waals surface area contributed by atoms with Gasteiger partial charge in [-0.05, 0) is 27.9 Å². The fraction of sp³-hybridized carbons (Fsp3) is 0.750. The number of hydrogen-bond donors (Lipinski definition) is 9. The molecule has 0 rings (SSSR count). The third-order valence-corrected chi connectivity index (χ3v) is 8.09. The van der Waals surface area contributed by atoms with Crippen molar-refractivity contribution in [3.63, 3.8) is 0 Å². The lowest BCUT2D eigenvalue weighted by Crippen LogP contribution is -2.48. The molecule has 10 N–H and O–H groups in total. The smallest absolute Gasteiger partial charge is 0.327 e. The van der Waals surface area contributed by atoms with Crippen molar-refractivity contribution in [2.75, 3.05) is 50.7 Å². The van der Waals surface area contributed by atoms with Crippen LogP contribution in [0.5, 0.6) is 0 Å². The first kappa shape index (κ1) is 53.9. The maximum Gasteiger partial charge on any atom is 0.327 e. The molecule has 4 amide bonds. The molecule has 0 aliphatic rings. The van der Waals surface area contributed by atoms with Crippen molar-refractivity contribution in [2.45, 2.75) is 85.0 Å². The van der Waals surface area contributed by atoms with Crippen LogP contribution < -0.4 is 32.3 Å². The summed E-state index contributed by atoms with van der Waals surface area (Å²) in [6.07, 6.45) is -0.958. The molecule has 0 bridgehead atoms. The first-order valence-corrected chi connectivity index (χ1v) is 18.6. The molecule has 0 aromatic rings. The van der Waals surface area contributed by atoms with Crippen LogP contribution in [-0.2, 0) is 33.6 Å². The number of carboxylic acids is 2. The van der Waals surface area contributed by atoms with E-state index in [1.54, 1.807) is 7.05 Å². The van der Waals surface area contributed by atoms with Gasteiger partial charge in [-0.25, -0.2) is 4.79 Å². The summed E-state index contributed by atoms with van der Waals surface area (Å²) in [6.45, 7) is 10.9. The number of rotatable bonds is 21. The van der Waals surface area contributed by atoms with Gasteiger partial charge in [0.25, 0.3) is 0 Å². The summed E-state index contributed by atoms with van der Waals surface area (Å²) in [4.78, 5) is 79.2. The minimum atomic E-state index is -1.28. The lowest BCUT2D eigenvalue weighted by atomic mass is 10.2. The van der Waals surface area contributed by atoms with Crippen molar-refractivity contribution < 1.29 is 48.9 Å². The Hall–Kier alpha value is -2.58. The number of carbonyl (C=O) groups excluding carboxylic acids is 5. The fourth-order valence-electron chi connectivity index (χ4n) is 2.69. The Labute approximate surface area is 291 Å². The molecule has 4 atom stereocenters. The maximum atomic E-state index is 12.4. The zero-order valence-corrected chi connectivity index (χ0v) is 31.5. The summed E-state index contributed by atoms with van der Waals surface area (Å²) in [5.41, 5.74) is 4.50. The Kier molecular flexibility index (Phi) is 45.4. The topological polar surface area (TPSA) is 266 Å². The summed E-state index contributed by atoms with van der Waals surface area (Å²) in [6, 6.07) is -2.84. The summed E-state index contributed by atoms with van der Waals surface area (Å²) in [7, 11) is 7.47. The van der Waals surface area contributed by atoms with E-state index in [9.17, 15) is 39.0 Å². The normalized spacial score (nSPS) is 11.9. The molecular formula is C28H58N6O10S3. The Morgan fingerprint density at radius 2 is 1.32 bits per heavy atom. The second-order valence-electron chi connectivity index (χ2n) is 8.14. The lowest BCUT2D eigenvalue weighted by Gasteiger charge is -2.17. The van der Waals surface area contributed by atoms with E-state index in [0.29, 0.717) is 11.5 Å². The highest BCUT2D eigenvalue weighted by molar-refractivity contribution is 8.76. The Morgan fingerprint density at radius 1 is 0.787 bits per heavy atom. The van der Waals surface area contributed by atoms with Crippen molar-refractivity contribution in [3.05, 3.63) is 0 Å². The van der Waals surface area contributed by atoms with Crippen LogP contribution in [-0.4, -0.2) is 132 Å². The highest BCUT2D eigenvalue weighted by atomic mass is 33.1. The highest BCUT2D eigenvalue weighted by Gasteiger charge is 2.24. The van der Waals surface area contributed by atoms with Gasteiger partial charge in [0.2, 0.25) is 23.6 Å². The Balaban J connectivity index is -0.000000591. The van der Waals surface area contributed by atoms with Crippen molar-refractivity contribution in [2.24, 2.45) is 5.73 Å². The molecule has 0 radical (unpaired) electrons. The standard InChI is InChI=1S/C21H37N5O9S3.C2H4O.2C2H6.CH5N/c1-12(27)8-17(29)26-15(21(34)35)10-36-7-5-24-20(33)13(9-18(30)31)25-16(28)4-6-37-38-11-14(22-2)19(32)23-3;1-2-3;3*1-2/h12-15,22,27H,4-11H2,1-3H3,(H,23,32)(H,24,33)(H,25,28)(H,26,29)(H,30,31)(H,34,35);2H,1H3;2*1-2H3;2H2,1H3. The van der Waals surface area contributed by atoms with Crippen molar-refractivity contribution in [3.8, 4) is 0 Å². The predicted molar refractivity (Wildman–Crippen MR) is 191 cm³/mol. The number of amides is 4. The zero-order valence-electron chi connectivity index (χ0n) is 29.0. The second-order valence-corrected chi connectivity index (χ2v) is 11.9.